The van der Waals surface area contributed by atoms with E-state index >= 15 is 0 Å². The van der Waals surface area contributed by atoms with Gasteiger partial charge in [-0.3, -0.25) is 14.0 Å². The summed E-state index contributed by atoms with van der Waals surface area (Å²) in [6.07, 6.45) is 3.47. The molecule has 0 spiro atoms. The Hall–Kier alpha value is -3.35. The highest BCUT2D eigenvalue weighted by Crippen LogP contribution is 2.37. The van der Waals surface area contributed by atoms with E-state index in [1.54, 1.807) is 21.2 Å². The van der Waals surface area contributed by atoms with E-state index in [9.17, 15) is 9.59 Å². The van der Waals surface area contributed by atoms with Crippen LogP contribution in [0.5, 0.6) is 0 Å². The second-order valence-electron chi connectivity index (χ2n) is 13.5. The highest BCUT2D eigenvalue weighted by Gasteiger charge is 2.29. The zero-order valence-corrected chi connectivity index (χ0v) is 28.2. The summed E-state index contributed by atoms with van der Waals surface area (Å²) in [4.78, 5) is 35.5. The number of rotatable bonds is 7. The van der Waals surface area contributed by atoms with Crippen LogP contribution in [0.3, 0.4) is 0 Å². The Morgan fingerprint density at radius 1 is 1.05 bits per heavy atom. The minimum atomic E-state index is -1.28. The molecule has 5 rings (SSSR count). The van der Waals surface area contributed by atoms with Gasteiger partial charge in [0.15, 0.2) is 5.65 Å². The highest BCUT2D eigenvalue weighted by atomic mass is 35.5. The molecule has 0 atom stereocenters. The maximum Gasteiger partial charge on any atom is 0.410 e. The predicted octanol–water partition coefficient (Wildman–Crippen LogP) is 5.31. The van der Waals surface area contributed by atoms with Gasteiger partial charge in [0.25, 0.3) is 5.56 Å². The first-order valence-corrected chi connectivity index (χ1v) is 18.7. The number of hydrogen-bond donors (Lipinski definition) is 0. The molecule has 232 valence electrons. The average molecular weight is 628 g/mol. The number of carbonyl (C=O) groups is 1. The number of ether oxygens (including phenoxy) is 2. The van der Waals surface area contributed by atoms with Crippen molar-refractivity contribution in [1.29, 1.82) is 0 Å². The van der Waals surface area contributed by atoms with Gasteiger partial charge in [0.2, 0.25) is 5.95 Å². The number of anilines is 1. The van der Waals surface area contributed by atoms with Crippen LogP contribution in [0.15, 0.2) is 29.3 Å². The molecule has 4 heterocycles. The lowest BCUT2D eigenvalue weighted by Crippen LogP contribution is -2.51. The fourth-order valence-corrected chi connectivity index (χ4v) is 6.30. The Bertz CT molecular complexity index is 1720. The molecule has 11 nitrogen and oxygen atoms in total. The van der Waals surface area contributed by atoms with Crippen LogP contribution in [0.25, 0.3) is 33.1 Å². The first-order valence-electron chi connectivity index (χ1n) is 14.7. The standard InChI is InChI=1S/C30H42ClN7O4Si/c1-30(2,3)42-29(40)37-13-11-36(12-14-37)28-32-26-24(27(39)35(28)5)21(18-38(26)19-41-15-16-43(6,7)8)20-9-10-23-22(25(20)31)17-34(4)33-23/h9-10,17-18H,11-16,19H2,1-8H3. The van der Waals surface area contributed by atoms with Gasteiger partial charge in [0.1, 0.15) is 12.3 Å². The third kappa shape index (κ3) is 6.60. The van der Waals surface area contributed by atoms with Crippen molar-refractivity contribution in [1.82, 2.24) is 28.8 Å². The predicted molar refractivity (Wildman–Crippen MR) is 174 cm³/mol. The third-order valence-corrected chi connectivity index (χ3v) is 9.65. The van der Waals surface area contributed by atoms with Gasteiger partial charge in [-0.1, -0.05) is 37.3 Å². The van der Waals surface area contributed by atoms with Crippen LogP contribution in [0, 0.1) is 0 Å². The summed E-state index contributed by atoms with van der Waals surface area (Å²) in [5.74, 6) is 0.545. The largest absolute Gasteiger partial charge is 0.444 e. The van der Waals surface area contributed by atoms with Crippen LogP contribution >= 0.6 is 11.6 Å². The first kappa shape index (κ1) is 31.1. The van der Waals surface area contributed by atoms with E-state index < -0.39 is 13.7 Å². The minimum absolute atomic E-state index is 0.173. The molecule has 1 saturated heterocycles. The average Bonchev–Trinajstić information content (AvgIpc) is 3.48. The molecule has 43 heavy (non-hydrogen) atoms. The van der Waals surface area contributed by atoms with Gasteiger partial charge in [0.05, 0.1) is 15.9 Å². The Kier molecular flexibility index (Phi) is 8.40. The fraction of sp³-hybridized carbons (Fsp3) is 0.533. The number of aryl methyl sites for hydroxylation is 1. The van der Waals surface area contributed by atoms with Crippen molar-refractivity contribution in [2.45, 2.75) is 58.8 Å². The molecule has 1 amide bonds. The van der Waals surface area contributed by atoms with Crippen molar-refractivity contribution >= 4 is 53.7 Å². The summed E-state index contributed by atoms with van der Waals surface area (Å²) >= 11 is 6.93. The zero-order chi connectivity index (χ0) is 31.3. The maximum absolute atomic E-state index is 14.1. The van der Waals surface area contributed by atoms with E-state index in [0.717, 1.165) is 22.5 Å². The van der Waals surface area contributed by atoms with E-state index in [1.807, 2.05) is 61.8 Å². The van der Waals surface area contributed by atoms with Crippen molar-refractivity contribution in [2.24, 2.45) is 14.1 Å². The van der Waals surface area contributed by atoms with Crippen molar-refractivity contribution in [3.05, 3.63) is 39.9 Å². The number of benzene rings is 1. The lowest BCUT2D eigenvalue weighted by molar-refractivity contribution is 0.0240. The number of hydrogen-bond acceptors (Lipinski definition) is 7. The van der Waals surface area contributed by atoms with Crippen LogP contribution in [-0.2, 0) is 30.3 Å². The molecule has 3 aromatic heterocycles. The molecule has 0 N–H and O–H groups in total. The van der Waals surface area contributed by atoms with Crippen LogP contribution in [-0.4, -0.2) is 81.4 Å². The van der Waals surface area contributed by atoms with Crippen LogP contribution < -0.4 is 10.5 Å². The molecule has 1 aromatic carbocycles. The second-order valence-corrected chi connectivity index (χ2v) is 19.5. The number of halogens is 1. The van der Waals surface area contributed by atoms with Crippen LogP contribution in [0.1, 0.15) is 20.8 Å². The molecule has 0 bridgehead atoms. The Balaban J connectivity index is 1.53. The monoisotopic (exact) mass is 627 g/mol. The quantitative estimate of drug-likeness (QED) is 0.202. The van der Waals surface area contributed by atoms with Crippen molar-refractivity contribution in [2.75, 3.05) is 37.7 Å². The lowest BCUT2D eigenvalue weighted by atomic mass is 10.0. The summed E-state index contributed by atoms with van der Waals surface area (Å²) in [6.45, 7) is 15.4. The fourth-order valence-electron chi connectivity index (χ4n) is 5.23. The normalized spacial score (nSPS) is 14.7. The number of piperazine rings is 1. The second kappa shape index (κ2) is 11.6. The van der Waals surface area contributed by atoms with E-state index in [1.165, 1.54) is 0 Å². The third-order valence-electron chi connectivity index (χ3n) is 7.54. The molecule has 1 aliphatic heterocycles. The van der Waals surface area contributed by atoms with Crippen LogP contribution in [0.2, 0.25) is 30.7 Å². The molecule has 0 radical (unpaired) electrons. The van der Waals surface area contributed by atoms with Gasteiger partial charge in [-0.25, -0.2) is 4.79 Å². The smallest absolute Gasteiger partial charge is 0.410 e. The SMILES string of the molecule is Cn1cc2c(Cl)c(-c3cn(COCC[Si](C)(C)C)c4nc(N5CCN(C(=O)OC(C)(C)C)CC5)n(C)c(=O)c34)ccc2n1. The molecule has 13 heteroatoms. The Labute approximate surface area is 257 Å². The molecular formula is C30H42ClN7O4Si. The minimum Gasteiger partial charge on any atom is -0.444 e. The maximum atomic E-state index is 14.1. The number of amides is 1. The van der Waals surface area contributed by atoms with Crippen LogP contribution in [0.4, 0.5) is 10.7 Å². The number of carbonyl (C=O) groups excluding carboxylic acids is 1. The van der Waals surface area contributed by atoms with Gasteiger partial charge in [-0.15, -0.1) is 0 Å². The number of nitrogens with zero attached hydrogens (tertiary/aromatic N) is 7. The molecule has 0 saturated carbocycles. The Morgan fingerprint density at radius 2 is 1.74 bits per heavy atom. The molecule has 1 fully saturated rings. The highest BCUT2D eigenvalue weighted by molar-refractivity contribution is 6.76. The molecular weight excluding hydrogens is 586 g/mol. The first-order chi connectivity index (χ1) is 20.1. The van der Waals surface area contributed by atoms with E-state index in [4.69, 9.17) is 26.1 Å². The summed E-state index contributed by atoms with van der Waals surface area (Å²) < 4.78 is 16.9. The molecule has 4 aromatic rings. The number of aromatic nitrogens is 5. The van der Waals surface area contributed by atoms with E-state index in [0.29, 0.717) is 60.4 Å². The van der Waals surface area contributed by atoms with E-state index in [2.05, 4.69) is 24.7 Å². The van der Waals surface area contributed by atoms with Gasteiger partial charge in [-0.2, -0.15) is 10.1 Å². The van der Waals surface area contributed by atoms with Gasteiger partial charge in [-0.05, 0) is 32.9 Å². The van der Waals surface area contributed by atoms with Crippen molar-refractivity contribution in [3.63, 3.8) is 0 Å². The summed E-state index contributed by atoms with van der Waals surface area (Å²) in [6, 6.07) is 4.86. The van der Waals surface area contributed by atoms with Crippen molar-refractivity contribution in [3.8, 4) is 11.1 Å². The van der Waals surface area contributed by atoms with Gasteiger partial charge < -0.3 is 23.8 Å². The van der Waals surface area contributed by atoms with Gasteiger partial charge in [0, 0.05) is 83.9 Å². The van der Waals surface area contributed by atoms with E-state index in [-0.39, 0.29) is 18.4 Å². The summed E-state index contributed by atoms with van der Waals surface area (Å²) in [7, 11) is 2.32. The number of fused-ring (bicyclic) bond motifs is 2. The zero-order valence-electron chi connectivity index (χ0n) is 26.4. The molecule has 1 aliphatic rings. The topological polar surface area (TPSA) is 99.6 Å². The lowest BCUT2D eigenvalue weighted by Gasteiger charge is -2.36. The van der Waals surface area contributed by atoms with Gasteiger partial charge >= 0.3 is 6.09 Å². The van der Waals surface area contributed by atoms with Crippen molar-refractivity contribution < 1.29 is 14.3 Å². The summed E-state index contributed by atoms with van der Waals surface area (Å²) in [5, 5.41) is 6.31. The summed E-state index contributed by atoms with van der Waals surface area (Å²) in [5.41, 5.74) is 2.04. The molecule has 0 unspecified atom stereocenters. The Morgan fingerprint density at radius 3 is 2.40 bits per heavy atom. The molecule has 0 aliphatic carbocycles.